The number of unbranched alkanes of at least 4 members (excludes halogenated alkanes) is 3. The summed E-state index contributed by atoms with van der Waals surface area (Å²) in [6.45, 7) is 0.604. The summed E-state index contributed by atoms with van der Waals surface area (Å²) in [7, 11) is -1.70. The monoisotopic (exact) mass is 515 g/mol. The molecule has 0 fully saturated rings. The summed E-state index contributed by atoms with van der Waals surface area (Å²) < 4.78 is 0. The van der Waals surface area contributed by atoms with E-state index in [1.807, 2.05) is 0 Å². The molecule has 0 atom stereocenters. The summed E-state index contributed by atoms with van der Waals surface area (Å²) in [5, 5.41) is 7.99. The maximum Gasteiger partial charge on any atom is 0.112 e. The van der Waals surface area contributed by atoms with Crippen LogP contribution in [0, 0.1) is 0 Å². The van der Waals surface area contributed by atoms with E-state index in [1.165, 1.54) is 22.3 Å². The molecule has 0 aromatic heterocycles. The number of hydrogen-bond donors (Lipinski definition) is 0. The van der Waals surface area contributed by atoms with Gasteiger partial charge in [-0.05, 0) is 61.2 Å². The van der Waals surface area contributed by atoms with E-state index in [0.29, 0.717) is 6.54 Å². The number of hydrogen-bond acceptors (Lipinski definition) is 1. The van der Waals surface area contributed by atoms with Gasteiger partial charge in [0.2, 0.25) is 0 Å². The van der Waals surface area contributed by atoms with Gasteiger partial charge >= 0.3 is 0 Å². The van der Waals surface area contributed by atoms with Gasteiger partial charge in [-0.1, -0.05) is 66.1 Å². The fraction of sp³-hybridized carbons (Fsp3) is 0.250. The summed E-state index contributed by atoms with van der Waals surface area (Å²) in [6, 6.07) is 33.1. The minimum Gasteiger partial charge on any atom is -1.00 e. The Bertz CT molecular complexity index is 785. The lowest BCUT2D eigenvalue weighted by Crippen LogP contribution is -3.00. The van der Waals surface area contributed by atoms with Crippen LogP contribution in [0.4, 0.5) is 0 Å². The van der Waals surface area contributed by atoms with Crippen LogP contribution in [0.1, 0.15) is 25.7 Å². The van der Waals surface area contributed by atoms with Gasteiger partial charge in [-0.25, -0.2) is 0 Å². The largest absolute Gasteiger partial charge is 1.00 e. The number of halogens is 1. The third kappa shape index (κ3) is 6.05. The smallest absolute Gasteiger partial charge is 0.112 e. The van der Waals surface area contributed by atoms with E-state index in [-0.39, 0.29) is 24.0 Å². The van der Waals surface area contributed by atoms with Crippen LogP contribution in [0.3, 0.4) is 0 Å². The average Bonchev–Trinajstić information content (AvgIpc) is 2.78. The fourth-order valence-corrected chi connectivity index (χ4v) is 8.22. The SMILES string of the molecule is [I-].[N-]=[N+]=NCCCCCC[P+](c1ccccc1)(c1ccccc1)c1ccccc1. The van der Waals surface area contributed by atoms with Crippen LogP contribution in [0.2, 0.25) is 0 Å². The Morgan fingerprint density at radius 3 is 1.45 bits per heavy atom. The Hall–Kier alpha value is -1.87. The molecule has 0 saturated carbocycles. The molecule has 0 bridgehead atoms. The molecule has 0 spiro atoms. The van der Waals surface area contributed by atoms with Crippen LogP contribution >= 0.6 is 7.26 Å². The highest BCUT2D eigenvalue weighted by Crippen LogP contribution is 2.55. The van der Waals surface area contributed by atoms with Gasteiger partial charge < -0.3 is 24.0 Å². The van der Waals surface area contributed by atoms with Crippen molar-refractivity contribution in [3.8, 4) is 0 Å². The highest BCUT2D eigenvalue weighted by Gasteiger charge is 2.44. The topological polar surface area (TPSA) is 48.8 Å². The van der Waals surface area contributed by atoms with Crippen molar-refractivity contribution >= 4 is 23.2 Å². The van der Waals surface area contributed by atoms with Crippen LogP contribution in [-0.2, 0) is 0 Å². The zero-order chi connectivity index (χ0) is 19.5. The first-order valence-electron chi connectivity index (χ1n) is 9.94. The fourth-order valence-electron chi connectivity index (χ4n) is 3.81. The Morgan fingerprint density at radius 1 is 0.621 bits per heavy atom. The van der Waals surface area contributed by atoms with E-state index in [2.05, 4.69) is 101 Å². The zero-order valence-corrected chi connectivity index (χ0v) is 19.6. The van der Waals surface area contributed by atoms with E-state index < -0.39 is 7.26 Å². The molecule has 0 saturated heterocycles. The second-order valence-electron chi connectivity index (χ2n) is 6.91. The molecule has 0 heterocycles. The van der Waals surface area contributed by atoms with E-state index >= 15 is 0 Å². The van der Waals surface area contributed by atoms with Crippen LogP contribution < -0.4 is 39.9 Å². The summed E-state index contributed by atoms with van der Waals surface area (Å²) >= 11 is 0. The van der Waals surface area contributed by atoms with Crippen molar-refractivity contribution < 1.29 is 24.0 Å². The highest BCUT2D eigenvalue weighted by molar-refractivity contribution is 7.95. The van der Waals surface area contributed by atoms with E-state index in [4.69, 9.17) is 5.53 Å². The summed E-state index contributed by atoms with van der Waals surface area (Å²) in [5.41, 5.74) is 8.42. The van der Waals surface area contributed by atoms with Gasteiger partial charge in [0.25, 0.3) is 0 Å². The number of nitrogens with zero attached hydrogens (tertiary/aromatic N) is 3. The minimum absolute atomic E-state index is 0. The number of azide groups is 1. The Balaban J connectivity index is 0.00000300. The standard InChI is InChI=1S/C24H27N3P.HI/c25-27-26-20-12-1-2-13-21-28(22-14-6-3-7-15-22,23-16-8-4-9-17-23)24-18-10-5-11-19-24;/h3-11,14-19H,1-2,12-13,20-21H2;1H/q+1;/p-1. The molecule has 5 heteroatoms. The summed E-state index contributed by atoms with van der Waals surface area (Å²) in [5.74, 6) is 0. The van der Waals surface area contributed by atoms with Crippen molar-refractivity contribution in [2.24, 2.45) is 5.11 Å². The molecule has 29 heavy (non-hydrogen) atoms. The molecule has 0 N–H and O–H groups in total. The molecule has 0 amide bonds. The van der Waals surface area contributed by atoms with Gasteiger partial charge in [0.1, 0.15) is 23.2 Å². The first kappa shape index (κ1) is 23.4. The Morgan fingerprint density at radius 2 is 1.03 bits per heavy atom. The highest BCUT2D eigenvalue weighted by atomic mass is 127. The first-order chi connectivity index (χ1) is 13.9. The first-order valence-corrected chi connectivity index (χ1v) is 11.9. The molecular formula is C24H27IN3P. The lowest BCUT2D eigenvalue weighted by Gasteiger charge is -2.27. The van der Waals surface area contributed by atoms with Crippen molar-refractivity contribution in [2.75, 3.05) is 12.7 Å². The van der Waals surface area contributed by atoms with Crippen molar-refractivity contribution in [3.05, 3.63) is 101 Å². The molecule has 3 aromatic rings. The minimum atomic E-state index is -1.70. The zero-order valence-electron chi connectivity index (χ0n) is 16.6. The third-order valence-corrected chi connectivity index (χ3v) is 9.68. The molecule has 0 unspecified atom stereocenters. The molecular weight excluding hydrogens is 488 g/mol. The summed E-state index contributed by atoms with van der Waals surface area (Å²) in [6.07, 6.45) is 5.57. The van der Waals surface area contributed by atoms with Crippen molar-refractivity contribution in [1.29, 1.82) is 0 Å². The quantitative estimate of drug-likeness (QED) is 0.0997. The molecule has 3 rings (SSSR count). The molecule has 0 aliphatic heterocycles. The maximum atomic E-state index is 8.42. The van der Waals surface area contributed by atoms with Gasteiger partial charge in [-0.3, -0.25) is 0 Å². The van der Waals surface area contributed by atoms with E-state index in [9.17, 15) is 0 Å². The lowest BCUT2D eigenvalue weighted by atomic mass is 10.2. The van der Waals surface area contributed by atoms with Crippen LogP contribution in [-0.4, -0.2) is 12.7 Å². The van der Waals surface area contributed by atoms with Crippen molar-refractivity contribution in [1.82, 2.24) is 0 Å². The normalized spacial score (nSPS) is 10.6. The molecule has 0 aliphatic carbocycles. The Labute approximate surface area is 191 Å². The molecule has 3 aromatic carbocycles. The van der Waals surface area contributed by atoms with Gasteiger partial charge in [0.15, 0.2) is 0 Å². The predicted molar refractivity (Wildman–Crippen MR) is 122 cm³/mol. The second kappa shape index (κ2) is 12.6. The lowest BCUT2D eigenvalue weighted by molar-refractivity contribution is -0.00000560. The van der Waals surface area contributed by atoms with Crippen LogP contribution in [0.15, 0.2) is 96.1 Å². The molecule has 3 nitrogen and oxygen atoms in total. The van der Waals surface area contributed by atoms with Gasteiger partial charge in [-0.2, -0.15) is 0 Å². The molecule has 0 radical (unpaired) electrons. The third-order valence-electron chi connectivity index (χ3n) is 5.16. The van der Waals surface area contributed by atoms with E-state index in [0.717, 1.165) is 25.4 Å². The predicted octanol–water partition coefficient (Wildman–Crippen LogP) is 2.86. The summed E-state index contributed by atoms with van der Waals surface area (Å²) in [4.78, 5) is 2.84. The number of benzene rings is 3. The Kier molecular flexibility index (Phi) is 10.2. The maximum absolute atomic E-state index is 8.42. The van der Waals surface area contributed by atoms with Crippen molar-refractivity contribution in [3.63, 3.8) is 0 Å². The molecule has 150 valence electrons. The van der Waals surface area contributed by atoms with Crippen LogP contribution in [0.25, 0.3) is 10.4 Å². The number of rotatable bonds is 10. The van der Waals surface area contributed by atoms with Crippen molar-refractivity contribution in [2.45, 2.75) is 25.7 Å². The second-order valence-corrected chi connectivity index (χ2v) is 10.5. The average molecular weight is 515 g/mol. The van der Waals surface area contributed by atoms with Gasteiger partial charge in [0.05, 0.1) is 6.16 Å². The van der Waals surface area contributed by atoms with E-state index in [1.54, 1.807) is 0 Å². The van der Waals surface area contributed by atoms with Gasteiger partial charge in [0, 0.05) is 11.5 Å². The van der Waals surface area contributed by atoms with Gasteiger partial charge in [-0.15, -0.1) is 0 Å². The molecule has 0 aliphatic rings. The van der Waals surface area contributed by atoms with Crippen LogP contribution in [0.5, 0.6) is 0 Å².